The fourth-order valence-corrected chi connectivity index (χ4v) is 3.26. The molecule has 1 fully saturated rings. The number of aromatic hydroxyl groups is 1. The molecule has 1 aliphatic rings. The molecule has 0 atom stereocenters. The molecule has 1 saturated carbocycles. The second-order valence-corrected chi connectivity index (χ2v) is 7.49. The Morgan fingerprint density at radius 2 is 2.19 bits per heavy atom. The van der Waals surface area contributed by atoms with Gasteiger partial charge >= 0.3 is 5.69 Å². The maximum atomic E-state index is 14.1. The fourth-order valence-electron chi connectivity index (χ4n) is 3.03. The molecule has 0 spiro atoms. The number of nitrogens with one attached hydrogen (secondary N) is 3. The molecule has 3 aromatic heterocycles. The lowest BCUT2D eigenvalue weighted by molar-refractivity contribution is 0.454. The minimum absolute atomic E-state index is 0.0731. The van der Waals surface area contributed by atoms with Gasteiger partial charge in [-0.15, -0.1) is 0 Å². The predicted molar refractivity (Wildman–Crippen MR) is 110 cm³/mol. The molecule has 0 bridgehead atoms. The summed E-state index contributed by atoms with van der Waals surface area (Å²) in [6, 6.07) is 4.64. The average molecular weight is 443 g/mol. The molecule has 5 rings (SSSR count). The van der Waals surface area contributed by atoms with Crippen LogP contribution in [-0.2, 0) is 6.54 Å². The Morgan fingerprint density at radius 1 is 1.35 bits per heavy atom. The van der Waals surface area contributed by atoms with Gasteiger partial charge in [0.15, 0.2) is 5.65 Å². The molecular weight excluding hydrogens is 427 g/mol. The number of hydrogen-bond acceptors (Lipinski definition) is 7. The van der Waals surface area contributed by atoms with E-state index in [4.69, 9.17) is 11.6 Å². The van der Waals surface area contributed by atoms with Gasteiger partial charge in [-0.2, -0.15) is 19.6 Å². The number of rotatable bonds is 5. The van der Waals surface area contributed by atoms with Crippen LogP contribution in [0, 0.1) is 5.82 Å². The van der Waals surface area contributed by atoms with Crippen molar-refractivity contribution in [3.8, 4) is 5.88 Å². The standard InChI is InChI=1S/C19H16ClFN8O2/c20-12-2-1-3-13(21)11(12)8-22-17-26-15-9(6-14-16(30)27-19(31)25-14)7-23-29(15)18(28-17)24-10-4-5-10/h1-3,6-7,10,30H,4-5,8H2,(H,22,24,28)(H2,25,27,31)/b9-6+. The predicted octanol–water partition coefficient (Wildman–Crippen LogP) is 0.862. The van der Waals surface area contributed by atoms with E-state index in [-0.39, 0.29) is 30.1 Å². The highest BCUT2D eigenvalue weighted by atomic mass is 35.5. The van der Waals surface area contributed by atoms with Crippen molar-refractivity contribution in [1.29, 1.82) is 0 Å². The number of anilines is 1. The van der Waals surface area contributed by atoms with E-state index in [0.29, 0.717) is 27.1 Å². The van der Waals surface area contributed by atoms with Gasteiger partial charge < -0.3 is 15.4 Å². The molecule has 3 heterocycles. The maximum absolute atomic E-state index is 14.1. The third-order valence-electron chi connectivity index (χ3n) is 4.74. The highest BCUT2D eigenvalue weighted by Gasteiger charge is 2.21. The van der Waals surface area contributed by atoms with E-state index in [1.165, 1.54) is 28.9 Å². The van der Waals surface area contributed by atoms with Crippen LogP contribution in [0.1, 0.15) is 24.1 Å². The zero-order valence-corrected chi connectivity index (χ0v) is 16.7. The minimum Gasteiger partial charge on any atom is -0.493 e. The van der Waals surface area contributed by atoms with Crippen molar-refractivity contribution in [2.75, 3.05) is 5.32 Å². The minimum atomic E-state index is -0.539. The van der Waals surface area contributed by atoms with Gasteiger partial charge in [-0.3, -0.25) is 4.98 Å². The van der Waals surface area contributed by atoms with Crippen LogP contribution in [0.25, 0.3) is 11.7 Å². The number of imidazole rings is 1. The summed E-state index contributed by atoms with van der Waals surface area (Å²) in [7, 11) is 0. The Balaban J connectivity index is 1.60. The number of nitrogens with zero attached hydrogens (tertiary/aromatic N) is 5. The van der Waals surface area contributed by atoms with Gasteiger partial charge in [-0.05, 0) is 31.1 Å². The zero-order chi connectivity index (χ0) is 21.5. The van der Waals surface area contributed by atoms with Crippen molar-refractivity contribution < 1.29 is 9.50 Å². The van der Waals surface area contributed by atoms with Crippen LogP contribution in [0.4, 0.5) is 10.3 Å². The number of H-pyrrole nitrogens is 2. The van der Waals surface area contributed by atoms with Gasteiger partial charge in [0.1, 0.15) is 11.5 Å². The van der Waals surface area contributed by atoms with Gasteiger partial charge in [0.2, 0.25) is 11.8 Å². The number of fused-ring (bicyclic) bond motifs is 1. The number of halogens is 2. The molecule has 12 heteroatoms. The number of hydrogen-bond donors (Lipinski definition) is 4. The number of benzene rings is 1. The molecule has 1 aliphatic carbocycles. The summed E-state index contributed by atoms with van der Waals surface area (Å²) in [6.07, 6.45) is 4.99. The molecular formula is C19H16ClFN8O2. The molecule has 0 unspecified atom stereocenters. The Bertz CT molecular complexity index is 1450. The molecule has 10 nitrogen and oxygen atoms in total. The Kier molecular flexibility index (Phi) is 4.66. The lowest BCUT2D eigenvalue weighted by Crippen LogP contribution is -2.25. The Labute approximate surface area is 178 Å². The largest absolute Gasteiger partial charge is 0.493 e. The van der Waals surface area contributed by atoms with E-state index in [2.05, 4.69) is 35.3 Å². The zero-order valence-electron chi connectivity index (χ0n) is 15.9. The second kappa shape index (κ2) is 7.51. The van der Waals surface area contributed by atoms with E-state index in [0.717, 1.165) is 12.8 Å². The van der Waals surface area contributed by atoms with Crippen LogP contribution < -0.4 is 21.8 Å². The van der Waals surface area contributed by atoms with E-state index in [1.807, 2.05) is 0 Å². The molecule has 31 heavy (non-hydrogen) atoms. The van der Waals surface area contributed by atoms with Crippen molar-refractivity contribution in [2.45, 2.75) is 25.4 Å². The van der Waals surface area contributed by atoms with Crippen molar-refractivity contribution in [3.63, 3.8) is 0 Å². The fraction of sp³-hybridized carbons (Fsp3) is 0.211. The van der Waals surface area contributed by atoms with Crippen molar-refractivity contribution >= 4 is 29.3 Å². The Morgan fingerprint density at radius 3 is 2.90 bits per heavy atom. The van der Waals surface area contributed by atoms with Crippen LogP contribution in [-0.4, -0.2) is 40.7 Å². The van der Waals surface area contributed by atoms with Gasteiger partial charge in [0.05, 0.1) is 12.2 Å². The maximum Gasteiger partial charge on any atom is 0.326 e. The smallest absolute Gasteiger partial charge is 0.326 e. The number of aromatic nitrogens is 6. The average Bonchev–Trinajstić information content (AvgIpc) is 3.36. The summed E-state index contributed by atoms with van der Waals surface area (Å²) in [4.78, 5) is 29.6. The SMILES string of the molecule is O=c1[nH]c(O)c(/C=c2\cnn3c(=NC4CC4)nc(NCc4c(F)cccc4Cl)nc23)[nH]1. The molecule has 0 saturated heterocycles. The van der Waals surface area contributed by atoms with Gasteiger partial charge in [0.25, 0.3) is 5.62 Å². The normalized spacial score (nSPS) is 15.2. The summed E-state index contributed by atoms with van der Waals surface area (Å²) in [5, 5.41) is 17.9. The van der Waals surface area contributed by atoms with Crippen molar-refractivity contribution in [2.24, 2.45) is 4.99 Å². The molecule has 0 amide bonds. The third-order valence-corrected chi connectivity index (χ3v) is 5.10. The van der Waals surface area contributed by atoms with E-state index in [9.17, 15) is 14.3 Å². The summed E-state index contributed by atoms with van der Waals surface area (Å²) < 4.78 is 15.6. The molecule has 158 valence electrons. The first-order valence-electron chi connectivity index (χ1n) is 9.47. The first kappa shape index (κ1) is 19.2. The van der Waals surface area contributed by atoms with Crippen molar-refractivity contribution in [1.82, 2.24) is 29.5 Å². The van der Waals surface area contributed by atoms with Crippen molar-refractivity contribution in [3.05, 3.63) is 67.8 Å². The third kappa shape index (κ3) is 3.87. The van der Waals surface area contributed by atoms with Crippen LogP contribution in [0.5, 0.6) is 5.88 Å². The van der Waals surface area contributed by atoms with Crippen LogP contribution in [0.3, 0.4) is 0 Å². The molecule has 4 N–H and O–H groups in total. The van der Waals surface area contributed by atoms with Gasteiger partial charge in [-0.1, -0.05) is 17.7 Å². The van der Waals surface area contributed by atoms with Crippen LogP contribution in [0.2, 0.25) is 5.02 Å². The second-order valence-electron chi connectivity index (χ2n) is 7.08. The quantitative estimate of drug-likeness (QED) is 0.362. The molecule has 1 aromatic carbocycles. The van der Waals surface area contributed by atoms with Gasteiger partial charge in [0, 0.05) is 22.3 Å². The lowest BCUT2D eigenvalue weighted by Gasteiger charge is -2.08. The summed E-state index contributed by atoms with van der Waals surface area (Å²) in [5.74, 6) is -0.517. The lowest BCUT2D eigenvalue weighted by atomic mass is 10.2. The van der Waals surface area contributed by atoms with E-state index >= 15 is 0 Å². The van der Waals surface area contributed by atoms with Gasteiger partial charge in [-0.25, -0.2) is 14.2 Å². The summed E-state index contributed by atoms with van der Waals surface area (Å²) in [6.45, 7) is 0.0731. The molecule has 4 aromatic rings. The Hall–Kier alpha value is -3.73. The summed E-state index contributed by atoms with van der Waals surface area (Å²) in [5.41, 5.74) is 0.692. The van der Waals surface area contributed by atoms with Crippen LogP contribution in [0.15, 0.2) is 34.2 Å². The number of aromatic amines is 2. The van der Waals surface area contributed by atoms with E-state index < -0.39 is 11.5 Å². The van der Waals surface area contributed by atoms with E-state index in [1.54, 1.807) is 6.07 Å². The molecule has 0 radical (unpaired) electrons. The highest BCUT2D eigenvalue weighted by Crippen LogP contribution is 2.22. The topological polar surface area (TPSA) is 136 Å². The molecule has 0 aliphatic heterocycles. The summed E-state index contributed by atoms with van der Waals surface area (Å²) >= 11 is 6.10. The monoisotopic (exact) mass is 442 g/mol. The first-order valence-corrected chi connectivity index (χ1v) is 9.85. The highest BCUT2D eigenvalue weighted by molar-refractivity contribution is 6.31. The first-order chi connectivity index (χ1) is 15.0. The van der Waals surface area contributed by atoms with Crippen LogP contribution >= 0.6 is 11.6 Å².